The topological polar surface area (TPSA) is 77.0 Å². The minimum absolute atomic E-state index is 0.213. The van der Waals surface area contributed by atoms with E-state index in [0.717, 1.165) is 12.1 Å². The van der Waals surface area contributed by atoms with Gasteiger partial charge in [-0.3, -0.25) is 4.79 Å². The molecule has 6 nitrogen and oxygen atoms in total. The number of nitrogens with zero attached hydrogens (tertiary/aromatic N) is 1. The van der Waals surface area contributed by atoms with Gasteiger partial charge in [0.2, 0.25) is 5.91 Å². The van der Waals surface area contributed by atoms with Gasteiger partial charge in [0.25, 0.3) is 0 Å². The van der Waals surface area contributed by atoms with Crippen molar-refractivity contribution in [2.24, 2.45) is 5.10 Å². The normalized spacial score (nSPS) is 11.3. The number of hydrogen-bond acceptors (Lipinski definition) is 5. The number of hydrogen-bond donors (Lipinski definition) is 1. The van der Waals surface area contributed by atoms with Crippen molar-refractivity contribution >= 4 is 18.1 Å². The van der Waals surface area contributed by atoms with Crippen LogP contribution in [0.25, 0.3) is 0 Å². The summed E-state index contributed by atoms with van der Waals surface area (Å²) < 4.78 is 47.7. The molecule has 2 rings (SSSR count). The summed E-state index contributed by atoms with van der Waals surface area (Å²) in [5.41, 5.74) is 2.32. The Morgan fingerprint density at radius 2 is 1.86 bits per heavy atom. The quantitative estimate of drug-likeness (QED) is 0.445. The molecule has 0 aliphatic carbocycles. The maximum atomic E-state index is 12.7. The molecule has 0 atom stereocenters. The summed E-state index contributed by atoms with van der Waals surface area (Å²) in [4.78, 5) is 22.8. The number of halogens is 3. The zero-order valence-corrected chi connectivity index (χ0v) is 14.8. The van der Waals surface area contributed by atoms with E-state index in [1.165, 1.54) is 25.5 Å². The molecule has 0 unspecified atom stereocenters. The molecular weight excluding hydrogens is 377 g/mol. The first kappa shape index (κ1) is 20.9. The number of hydrazone groups is 1. The molecule has 2 aromatic rings. The first-order valence-electron chi connectivity index (χ1n) is 8.05. The Kier molecular flexibility index (Phi) is 7.14. The van der Waals surface area contributed by atoms with Crippen LogP contribution in [0.2, 0.25) is 0 Å². The van der Waals surface area contributed by atoms with Crippen LogP contribution in [0.5, 0.6) is 5.75 Å². The van der Waals surface area contributed by atoms with Crippen molar-refractivity contribution in [1.82, 2.24) is 5.43 Å². The number of rotatable bonds is 7. The lowest BCUT2D eigenvalue weighted by atomic mass is 10.1. The van der Waals surface area contributed by atoms with Gasteiger partial charge in [0.05, 0.1) is 25.3 Å². The van der Waals surface area contributed by atoms with Gasteiger partial charge in [-0.15, -0.1) is 0 Å². The zero-order chi connectivity index (χ0) is 20.6. The first-order chi connectivity index (χ1) is 13.3. The van der Waals surface area contributed by atoms with E-state index in [1.807, 2.05) is 0 Å². The van der Waals surface area contributed by atoms with Gasteiger partial charge in [-0.25, -0.2) is 10.2 Å². The van der Waals surface area contributed by atoms with Crippen LogP contribution in [0.1, 0.15) is 16.7 Å². The first-order valence-corrected chi connectivity index (χ1v) is 8.05. The van der Waals surface area contributed by atoms with Gasteiger partial charge in [0.1, 0.15) is 5.75 Å². The molecule has 0 fully saturated rings. The van der Waals surface area contributed by atoms with E-state index in [-0.39, 0.29) is 18.6 Å². The third-order valence-corrected chi connectivity index (χ3v) is 3.49. The second kappa shape index (κ2) is 9.54. The second-order valence-electron chi connectivity index (χ2n) is 5.60. The molecule has 0 heterocycles. The Bertz CT molecular complexity index is 849. The molecule has 1 amide bonds. The smallest absolute Gasteiger partial charge is 0.416 e. The van der Waals surface area contributed by atoms with E-state index in [1.54, 1.807) is 24.3 Å². The number of methoxy groups -OCH3 is 1. The van der Waals surface area contributed by atoms with E-state index < -0.39 is 23.6 Å². The lowest BCUT2D eigenvalue weighted by Crippen LogP contribution is -2.20. The summed E-state index contributed by atoms with van der Waals surface area (Å²) in [5.74, 6) is -0.598. The van der Waals surface area contributed by atoms with E-state index in [2.05, 4.69) is 15.3 Å². The van der Waals surface area contributed by atoms with Crippen molar-refractivity contribution in [2.75, 3.05) is 13.7 Å². The lowest BCUT2D eigenvalue weighted by molar-refractivity contribution is -0.143. The fourth-order valence-electron chi connectivity index (χ4n) is 2.11. The van der Waals surface area contributed by atoms with Gasteiger partial charge < -0.3 is 9.47 Å². The summed E-state index contributed by atoms with van der Waals surface area (Å²) >= 11 is 0. The van der Waals surface area contributed by atoms with Crippen molar-refractivity contribution in [3.8, 4) is 5.75 Å². The van der Waals surface area contributed by atoms with Crippen LogP contribution in [-0.2, 0) is 26.9 Å². The molecule has 148 valence electrons. The molecule has 0 bridgehead atoms. The Balaban J connectivity index is 1.85. The number of carbonyl (C=O) groups excluding carboxylic acids is 2. The summed E-state index contributed by atoms with van der Waals surface area (Å²) in [6.45, 7) is -0.213. The highest BCUT2D eigenvalue weighted by Crippen LogP contribution is 2.29. The van der Waals surface area contributed by atoms with E-state index in [9.17, 15) is 22.8 Å². The molecule has 9 heteroatoms. The van der Waals surface area contributed by atoms with Crippen LogP contribution in [0.4, 0.5) is 13.2 Å². The third kappa shape index (κ3) is 6.75. The molecule has 2 aromatic carbocycles. The van der Waals surface area contributed by atoms with Crippen LogP contribution < -0.4 is 10.2 Å². The number of ether oxygens (including phenoxy) is 2. The predicted molar refractivity (Wildman–Crippen MR) is 94.8 cm³/mol. The molecule has 28 heavy (non-hydrogen) atoms. The van der Waals surface area contributed by atoms with E-state index in [0.29, 0.717) is 11.3 Å². The fraction of sp³-hybridized carbons (Fsp3) is 0.211. The molecule has 0 radical (unpaired) electrons. The standard InChI is InChI=1S/C19H17F3N2O4/c1-27-18(26)12-28-16-7-5-13(6-8-16)11-23-24-17(25)10-14-3-2-4-15(9-14)19(20,21)22/h2-9,11H,10,12H2,1H3,(H,24,25)/b23-11+. The largest absolute Gasteiger partial charge is 0.482 e. The highest BCUT2D eigenvalue weighted by atomic mass is 19.4. The van der Waals surface area contributed by atoms with Crippen LogP contribution in [0.15, 0.2) is 53.6 Å². The number of nitrogens with one attached hydrogen (secondary N) is 1. The van der Waals surface area contributed by atoms with E-state index >= 15 is 0 Å². The fourth-order valence-corrected chi connectivity index (χ4v) is 2.11. The number of carbonyl (C=O) groups is 2. The van der Waals surface area contributed by atoms with Gasteiger partial charge in [0.15, 0.2) is 6.61 Å². The van der Waals surface area contributed by atoms with Gasteiger partial charge in [-0.2, -0.15) is 18.3 Å². The molecule has 1 N–H and O–H groups in total. The van der Waals surface area contributed by atoms with Gasteiger partial charge in [-0.1, -0.05) is 18.2 Å². The zero-order valence-electron chi connectivity index (χ0n) is 14.8. The van der Waals surface area contributed by atoms with Crippen molar-refractivity contribution in [2.45, 2.75) is 12.6 Å². The average Bonchev–Trinajstić information content (AvgIpc) is 2.66. The van der Waals surface area contributed by atoms with Crippen LogP contribution in [0.3, 0.4) is 0 Å². The molecular formula is C19H17F3N2O4. The Morgan fingerprint density at radius 1 is 1.14 bits per heavy atom. The average molecular weight is 394 g/mol. The number of esters is 1. The van der Waals surface area contributed by atoms with Crippen LogP contribution in [-0.4, -0.2) is 31.8 Å². The number of amides is 1. The van der Waals surface area contributed by atoms with Crippen LogP contribution in [0, 0.1) is 0 Å². The minimum atomic E-state index is -4.46. The molecule has 0 aromatic heterocycles. The summed E-state index contributed by atoms with van der Waals surface area (Å²) in [7, 11) is 1.26. The monoisotopic (exact) mass is 394 g/mol. The molecule has 0 saturated heterocycles. The highest BCUT2D eigenvalue weighted by Gasteiger charge is 2.30. The predicted octanol–water partition coefficient (Wildman–Crippen LogP) is 2.95. The number of alkyl halides is 3. The van der Waals surface area contributed by atoms with Crippen molar-refractivity contribution in [3.05, 3.63) is 65.2 Å². The van der Waals surface area contributed by atoms with E-state index in [4.69, 9.17) is 4.74 Å². The lowest BCUT2D eigenvalue weighted by Gasteiger charge is -2.08. The molecule has 0 aliphatic rings. The Labute approximate surface area is 159 Å². The van der Waals surface area contributed by atoms with Gasteiger partial charge in [-0.05, 0) is 41.5 Å². The maximum absolute atomic E-state index is 12.7. The van der Waals surface area contributed by atoms with Gasteiger partial charge in [0, 0.05) is 0 Å². The third-order valence-electron chi connectivity index (χ3n) is 3.49. The summed E-state index contributed by atoms with van der Waals surface area (Å²) in [6, 6.07) is 11.1. The second-order valence-corrected chi connectivity index (χ2v) is 5.60. The highest BCUT2D eigenvalue weighted by molar-refractivity contribution is 5.83. The SMILES string of the molecule is COC(=O)COc1ccc(/C=N/NC(=O)Cc2cccc(C(F)(F)F)c2)cc1. The number of benzene rings is 2. The van der Waals surface area contributed by atoms with Crippen molar-refractivity contribution < 1.29 is 32.2 Å². The summed E-state index contributed by atoms with van der Waals surface area (Å²) in [6.07, 6.45) is -3.33. The minimum Gasteiger partial charge on any atom is -0.482 e. The van der Waals surface area contributed by atoms with Crippen molar-refractivity contribution in [1.29, 1.82) is 0 Å². The molecule has 0 aliphatic heterocycles. The maximum Gasteiger partial charge on any atom is 0.416 e. The Hall–Kier alpha value is -3.36. The van der Waals surface area contributed by atoms with Crippen molar-refractivity contribution in [3.63, 3.8) is 0 Å². The molecule has 0 spiro atoms. The van der Waals surface area contributed by atoms with Crippen LogP contribution >= 0.6 is 0 Å². The summed E-state index contributed by atoms with van der Waals surface area (Å²) in [5, 5.41) is 3.76. The molecule has 0 saturated carbocycles. The Morgan fingerprint density at radius 3 is 2.50 bits per heavy atom. The van der Waals surface area contributed by atoms with Gasteiger partial charge >= 0.3 is 12.1 Å².